The van der Waals surface area contributed by atoms with E-state index < -0.39 is 0 Å². The fourth-order valence-electron chi connectivity index (χ4n) is 2.48. The molecule has 1 amide bonds. The number of hydrogen-bond donors (Lipinski definition) is 1. The second-order valence-electron chi connectivity index (χ2n) is 5.84. The van der Waals surface area contributed by atoms with Crippen molar-refractivity contribution >= 4 is 17.7 Å². The molecule has 26 heavy (non-hydrogen) atoms. The summed E-state index contributed by atoms with van der Waals surface area (Å²) in [4.78, 5) is 12.9. The third-order valence-electron chi connectivity index (χ3n) is 3.78. The Hall–Kier alpha value is -2.18. The van der Waals surface area contributed by atoms with Crippen LogP contribution in [-0.2, 0) is 16.1 Å². The highest BCUT2D eigenvalue weighted by Gasteiger charge is 2.12. The van der Waals surface area contributed by atoms with Crippen molar-refractivity contribution in [3.05, 3.63) is 54.1 Å². The molecular formula is C20H23NO4S. The van der Waals surface area contributed by atoms with E-state index in [2.05, 4.69) is 5.32 Å². The van der Waals surface area contributed by atoms with Crippen LogP contribution in [0, 0.1) is 0 Å². The monoisotopic (exact) mass is 373 g/mol. The first-order chi connectivity index (χ1) is 12.8. The van der Waals surface area contributed by atoms with Crippen LogP contribution in [0.15, 0.2) is 53.4 Å². The molecule has 6 heteroatoms. The summed E-state index contributed by atoms with van der Waals surface area (Å²) >= 11 is 1.49. The normalized spacial score (nSPS) is 12.6. The summed E-state index contributed by atoms with van der Waals surface area (Å²) in [5.74, 6) is 1.91. The Labute approximate surface area is 158 Å². The molecule has 1 N–H and O–H groups in total. The largest absolute Gasteiger partial charge is 0.486 e. The number of hydrogen-bond acceptors (Lipinski definition) is 5. The maximum absolute atomic E-state index is 11.9. The zero-order chi connectivity index (χ0) is 18.0. The van der Waals surface area contributed by atoms with Gasteiger partial charge in [0.15, 0.2) is 11.5 Å². The van der Waals surface area contributed by atoms with E-state index >= 15 is 0 Å². The van der Waals surface area contributed by atoms with Crippen LogP contribution in [0.5, 0.6) is 11.5 Å². The van der Waals surface area contributed by atoms with Crippen molar-refractivity contribution < 1.29 is 19.0 Å². The number of thioether (sulfide) groups is 1. The molecule has 0 unspecified atom stereocenters. The van der Waals surface area contributed by atoms with Crippen molar-refractivity contribution in [2.45, 2.75) is 17.9 Å². The van der Waals surface area contributed by atoms with Gasteiger partial charge in [-0.05, 0) is 30.2 Å². The van der Waals surface area contributed by atoms with Crippen molar-refractivity contribution in [2.75, 3.05) is 32.1 Å². The van der Waals surface area contributed by atoms with Gasteiger partial charge < -0.3 is 19.5 Å². The van der Waals surface area contributed by atoms with E-state index in [0.29, 0.717) is 38.7 Å². The molecule has 0 saturated carbocycles. The Morgan fingerprint density at radius 3 is 2.73 bits per heavy atom. The minimum absolute atomic E-state index is 0.0212. The molecule has 0 atom stereocenters. The lowest BCUT2D eigenvalue weighted by atomic mass is 10.2. The molecule has 138 valence electrons. The van der Waals surface area contributed by atoms with Gasteiger partial charge in [0.25, 0.3) is 0 Å². The Morgan fingerprint density at radius 1 is 1.08 bits per heavy atom. The zero-order valence-electron chi connectivity index (χ0n) is 14.6. The first kappa shape index (κ1) is 18.6. The van der Waals surface area contributed by atoms with Crippen LogP contribution in [0.1, 0.15) is 12.0 Å². The van der Waals surface area contributed by atoms with Gasteiger partial charge in [-0.1, -0.05) is 30.3 Å². The number of ether oxygens (including phenoxy) is 3. The second kappa shape index (κ2) is 10.1. The summed E-state index contributed by atoms with van der Waals surface area (Å²) in [7, 11) is 0. The summed E-state index contributed by atoms with van der Waals surface area (Å²) in [6.07, 6.45) is 0.799. The second-order valence-corrected chi connectivity index (χ2v) is 6.88. The average Bonchev–Trinajstić information content (AvgIpc) is 2.69. The molecule has 0 saturated heterocycles. The molecule has 3 rings (SSSR count). The Balaban J connectivity index is 1.27. The van der Waals surface area contributed by atoms with E-state index in [4.69, 9.17) is 14.2 Å². The molecule has 2 aromatic carbocycles. The summed E-state index contributed by atoms with van der Waals surface area (Å²) in [6.45, 7) is 3.00. The smallest absolute Gasteiger partial charge is 0.230 e. The van der Waals surface area contributed by atoms with Gasteiger partial charge >= 0.3 is 0 Å². The summed E-state index contributed by atoms with van der Waals surface area (Å²) in [5.41, 5.74) is 1.16. The highest BCUT2D eigenvalue weighted by Crippen LogP contribution is 2.34. The van der Waals surface area contributed by atoms with Gasteiger partial charge in [0.1, 0.15) is 13.2 Å². The quantitative estimate of drug-likeness (QED) is 0.540. The highest BCUT2D eigenvalue weighted by atomic mass is 32.2. The van der Waals surface area contributed by atoms with Crippen LogP contribution in [0.25, 0.3) is 0 Å². The third-order valence-corrected chi connectivity index (χ3v) is 4.78. The number of amides is 1. The molecule has 2 aromatic rings. The van der Waals surface area contributed by atoms with Crippen LogP contribution >= 0.6 is 11.8 Å². The standard InChI is InChI=1S/C20H23NO4S/c22-20(21-9-4-10-23-14-16-5-2-1-3-6-16)15-26-17-7-8-18-19(13-17)25-12-11-24-18/h1-3,5-8,13H,4,9-12,14-15H2,(H,21,22). The lowest BCUT2D eigenvalue weighted by Crippen LogP contribution is -2.26. The average molecular weight is 373 g/mol. The predicted octanol–water partition coefficient (Wildman–Crippen LogP) is 3.27. The Morgan fingerprint density at radius 2 is 1.88 bits per heavy atom. The van der Waals surface area contributed by atoms with Crippen LogP contribution in [0.3, 0.4) is 0 Å². The van der Waals surface area contributed by atoms with Crippen LogP contribution in [-0.4, -0.2) is 38.0 Å². The molecule has 0 bridgehead atoms. The molecule has 1 aliphatic heterocycles. The predicted molar refractivity (Wildman–Crippen MR) is 102 cm³/mol. The Kier molecular flexibility index (Phi) is 7.22. The van der Waals surface area contributed by atoms with Crippen molar-refractivity contribution in [1.82, 2.24) is 5.32 Å². The van der Waals surface area contributed by atoms with Crippen LogP contribution in [0.4, 0.5) is 0 Å². The third kappa shape index (κ3) is 5.97. The number of nitrogens with one attached hydrogen (secondary N) is 1. The van der Waals surface area contributed by atoms with Crippen molar-refractivity contribution in [2.24, 2.45) is 0 Å². The van der Waals surface area contributed by atoms with Crippen LogP contribution in [0.2, 0.25) is 0 Å². The Bertz CT molecular complexity index is 708. The first-order valence-electron chi connectivity index (χ1n) is 8.72. The lowest BCUT2D eigenvalue weighted by molar-refractivity contribution is -0.118. The summed E-state index contributed by atoms with van der Waals surface area (Å²) < 4.78 is 16.6. The fraction of sp³-hybridized carbons (Fsp3) is 0.350. The molecule has 0 aliphatic carbocycles. The minimum atomic E-state index is 0.0212. The zero-order valence-corrected chi connectivity index (χ0v) is 15.4. The van der Waals surface area contributed by atoms with E-state index in [1.165, 1.54) is 11.8 Å². The molecule has 1 heterocycles. The molecule has 5 nitrogen and oxygen atoms in total. The van der Waals surface area contributed by atoms with Crippen LogP contribution < -0.4 is 14.8 Å². The number of carbonyl (C=O) groups excluding carboxylic acids is 1. The molecular weight excluding hydrogens is 350 g/mol. The SMILES string of the molecule is O=C(CSc1ccc2c(c1)OCCO2)NCCCOCc1ccccc1. The maximum atomic E-state index is 11.9. The van der Waals surface area contributed by atoms with Gasteiger partial charge in [0, 0.05) is 18.0 Å². The van der Waals surface area contributed by atoms with E-state index in [9.17, 15) is 4.79 Å². The first-order valence-corrected chi connectivity index (χ1v) is 9.70. The topological polar surface area (TPSA) is 56.8 Å². The molecule has 1 aliphatic rings. The van der Waals surface area contributed by atoms with Crippen molar-refractivity contribution in [3.8, 4) is 11.5 Å². The summed E-state index contributed by atoms with van der Waals surface area (Å²) in [5, 5.41) is 2.92. The van der Waals surface area contributed by atoms with E-state index in [1.807, 2.05) is 48.5 Å². The number of rotatable bonds is 9. The van der Waals surface area contributed by atoms with Gasteiger partial charge in [-0.2, -0.15) is 0 Å². The van der Waals surface area contributed by atoms with Crippen molar-refractivity contribution in [3.63, 3.8) is 0 Å². The van der Waals surface area contributed by atoms with Gasteiger partial charge in [-0.15, -0.1) is 11.8 Å². The number of carbonyl (C=O) groups is 1. The lowest BCUT2D eigenvalue weighted by Gasteiger charge is -2.18. The van der Waals surface area contributed by atoms with E-state index in [-0.39, 0.29) is 5.91 Å². The highest BCUT2D eigenvalue weighted by molar-refractivity contribution is 8.00. The van der Waals surface area contributed by atoms with Gasteiger partial charge in [-0.25, -0.2) is 0 Å². The fourth-order valence-corrected chi connectivity index (χ4v) is 3.23. The minimum Gasteiger partial charge on any atom is -0.486 e. The van der Waals surface area contributed by atoms with Gasteiger partial charge in [-0.3, -0.25) is 4.79 Å². The summed E-state index contributed by atoms with van der Waals surface area (Å²) in [6, 6.07) is 15.8. The number of fused-ring (bicyclic) bond motifs is 1. The van der Waals surface area contributed by atoms with Gasteiger partial charge in [0.05, 0.1) is 12.4 Å². The molecule has 0 fully saturated rings. The molecule has 0 aromatic heterocycles. The van der Waals surface area contributed by atoms with E-state index in [1.54, 1.807) is 0 Å². The van der Waals surface area contributed by atoms with E-state index in [0.717, 1.165) is 28.4 Å². The van der Waals surface area contributed by atoms with Gasteiger partial charge in [0.2, 0.25) is 5.91 Å². The molecule has 0 spiro atoms. The maximum Gasteiger partial charge on any atom is 0.230 e. The number of benzene rings is 2. The van der Waals surface area contributed by atoms with Crippen molar-refractivity contribution in [1.29, 1.82) is 0 Å². The molecule has 0 radical (unpaired) electrons.